The van der Waals surface area contributed by atoms with E-state index in [4.69, 9.17) is 0 Å². The summed E-state index contributed by atoms with van der Waals surface area (Å²) in [5.41, 5.74) is 4.31. The van der Waals surface area contributed by atoms with Gasteiger partial charge >= 0.3 is 0 Å². The third kappa shape index (κ3) is 5.55. The lowest BCUT2D eigenvalue weighted by molar-refractivity contribution is -0.121. The van der Waals surface area contributed by atoms with Gasteiger partial charge < -0.3 is 5.11 Å². The number of hydrogen-bond donors (Lipinski definition) is 2. The van der Waals surface area contributed by atoms with Crippen LogP contribution in [0.3, 0.4) is 0 Å². The molecule has 0 saturated carbocycles. The average Bonchev–Trinajstić information content (AvgIpc) is 2.41. The van der Waals surface area contributed by atoms with Gasteiger partial charge in [-0.05, 0) is 42.7 Å². The maximum atomic E-state index is 11.6. The molecular formula is C15H22N2O2. The van der Waals surface area contributed by atoms with Crippen molar-refractivity contribution in [2.24, 2.45) is 5.10 Å². The van der Waals surface area contributed by atoms with Gasteiger partial charge in [0.15, 0.2) is 0 Å². The maximum absolute atomic E-state index is 11.6. The van der Waals surface area contributed by atoms with Crippen LogP contribution in [0.15, 0.2) is 29.4 Å². The number of hydrogen-bond acceptors (Lipinski definition) is 3. The molecule has 104 valence electrons. The van der Waals surface area contributed by atoms with Gasteiger partial charge in [-0.15, -0.1) is 0 Å². The highest BCUT2D eigenvalue weighted by atomic mass is 16.3. The van der Waals surface area contributed by atoms with E-state index in [1.807, 2.05) is 6.92 Å². The molecule has 1 aromatic carbocycles. The predicted molar refractivity (Wildman–Crippen MR) is 77.2 cm³/mol. The van der Waals surface area contributed by atoms with Crippen LogP contribution in [0.2, 0.25) is 0 Å². The molecule has 4 nitrogen and oxygen atoms in total. The number of unbranched alkanes of at least 4 members (excludes halogenated alkanes) is 2. The summed E-state index contributed by atoms with van der Waals surface area (Å²) in [5, 5.41) is 13.4. The van der Waals surface area contributed by atoms with E-state index >= 15 is 0 Å². The van der Waals surface area contributed by atoms with Gasteiger partial charge in [-0.3, -0.25) is 4.79 Å². The topological polar surface area (TPSA) is 61.7 Å². The van der Waals surface area contributed by atoms with Crippen LogP contribution < -0.4 is 5.43 Å². The first kappa shape index (κ1) is 15.2. The van der Waals surface area contributed by atoms with Crippen LogP contribution in [-0.2, 0) is 4.79 Å². The Morgan fingerprint density at radius 2 is 1.89 bits per heavy atom. The van der Waals surface area contributed by atoms with E-state index in [0.29, 0.717) is 6.42 Å². The SMILES string of the molecule is CCCCCC(=O)N/N=C(/CC)c1ccc(O)cc1. The fourth-order valence-corrected chi connectivity index (χ4v) is 1.72. The van der Waals surface area contributed by atoms with Crippen LogP contribution in [-0.4, -0.2) is 16.7 Å². The number of phenolic OH excluding ortho intramolecular Hbond substituents is 1. The van der Waals surface area contributed by atoms with Crippen LogP contribution >= 0.6 is 0 Å². The summed E-state index contributed by atoms with van der Waals surface area (Å²) in [6.07, 6.45) is 4.31. The zero-order valence-electron chi connectivity index (χ0n) is 11.6. The lowest BCUT2D eigenvalue weighted by Crippen LogP contribution is -2.19. The van der Waals surface area contributed by atoms with E-state index in [1.165, 1.54) is 0 Å². The molecule has 0 atom stereocenters. The molecule has 19 heavy (non-hydrogen) atoms. The van der Waals surface area contributed by atoms with E-state index in [0.717, 1.165) is 37.0 Å². The minimum absolute atomic E-state index is 0.0434. The summed E-state index contributed by atoms with van der Waals surface area (Å²) < 4.78 is 0. The van der Waals surface area contributed by atoms with Crippen molar-refractivity contribution in [2.45, 2.75) is 46.0 Å². The van der Waals surface area contributed by atoms with Crippen molar-refractivity contribution in [1.29, 1.82) is 0 Å². The van der Waals surface area contributed by atoms with Gasteiger partial charge in [-0.2, -0.15) is 5.10 Å². The number of carbonyl (C=O) groups excluding carboxylic acids is 1. The van der Waals surface area contributed by atoms with Gasteiger partial charge in [-0.25, -0.2) is 5.43 Å². The Morgan fingerprint density at radius 1 is 1.21 bits per heavy atom. The van der Waals surface area contributed by atoms with E-state index in [2.05, 4.69) is 17.5 Å². The lowest BCUT2D eigenvalue weighted by Gasteiger charge is -2.05. The van der Waals surface area contributed by atoms with Crippen molar-refractivity contribution in [3.63, 3.8) is 0 Å². The Bertz CT molecular complexity index is 424. The second kappa shape index (κ2) is 8.29. The summed E-state index contributed by atoms with van der Waals surface area (Å²) in [6.45, 7) is 4.09. The lowest BCUT2D eigenvalue weighted by atomic mass is 10.1. The zero-order chi connectivity index (χ0) is 14.1. The molecule has 4 heteroatoms. The molecule has 0 aliphatic rings. The van der Waals surface area contributed by atoms with Crippen molar-refractivity contribution in [1.82, 2.24) is 5.43 Å². The first-order chi connectivity index (χ1) is 9.17. The average molecular weight is 262 g/mol. The molecular weight excluding hydrogens is 240 g/mol. The number of phenols is 1. The Labute approximate surface area is 114 Å². The van der Waals surface area contributed by atoms with Crippen molar-refractivity contribution >= 4 is 11.6 Å². The zero-order valence-corrected chi connectivity index (χ0v) is 11.6. The van der Waals surface area contributed by atoms with Gasteiger partial charge in [-0.1, -0.05) is 26.7 Å². The Morgan fingerprint density at radius 3 is 2.47 bits per heavy atom. The summed E-state index contributed by atoms with van der Waals surface area (Å²) in [6, 6.07) is 6.81. The van der Waals surface area contributed by atoms with Crippen molar-refractivity contribution < 1.29 is 9.90 Å². The molecule has 0 saturated heterocycles. The maximum Gasteiger partial charge on any atom is 0.240 e. The number of nitrogens with one attached hydrogen (secondary N) is 1. The highest BCUT2D eigenvalue weighted by molar-refractivity contribution is 6.00. The van der Waals surface area contributed by atoms with E-state index in [9.17, 15) is 9.90 Å². The minimum atomic E-state index is -0.0434. The molecule has 0 unspecified atom stereocenters. The number of nitrogens with zero attached hydrogens (tertiary/aromatic N) is 1. The van der Waals surface area contributed by atoms with Gasteiger partial charge in [0, 0.05) is 6.42 Å². The summed E-state index contributed by atoms with van der Waals surface area (Å²) in [5.74, 6) is 0.181. The predicted octanol–water partition coefficient (Wildman–Crippen LogP) is 3.20. The van der Waals surface area contributed by atoms with Gasteiger partial charge in [0.05, 0.1) is 5.71 Å². The second-order valence-corrected chi connectivity index (χ2v) is 4.45. The van der Waals surface area contributed by atoms with Gasteiger partial charge in [0.2, 0.25) is 5.91 Å². The van der Waals surface area contributed by atoms with Crippen LogP contribution in [0.25, 0.3) is 0 Å². The summed E-state index contributed by atoms with van der Waals surface area (Å²) >= 11 is 0. The number of rotatable bonds is 7. The largest absolute Gasteiger partial charge is 0.508 e. The number of aromatic hydroxyl groups is 1. The number of carbonyl (C=O) groups is 1. The van der Waals surface area contributed by atoms with Crippen molar-refractivity contribution in [3.8, 4) is 5.75 Å². The molecule has 0 aliphatic carbocycles. The second-order valence-electron chi connectivity index (χ2n) is 4.45. The third-order valence-electron chi connectivity index (χ3n) is 2.86. The Balaban J connectivity index is 2.57. The molecule has 0 aliphatic heterocycles. The van der Waals surface area contributed by atoms with Gasteiger partial charge in [0.1, 0.15) is 5.75 Å². The summed E-state index contributed by atoms with van der Waals surface area (Å²) in [4.78, 5) is 11.6. The first-order valence-corrected chi connectivity index (χ1v) is 6.82. The highest BCUT2D eigenvalue weighted by Crippen LogP contribution is 2.11. The first-order valence-electron chi connectivity index (χ1n) is 6.82. The molecule has 1 aromatic rings. The van der Waals surface area contributed by atoms with E-state index in [-0.39, 0.29) is 11.7 Å². The van der Waals surface area contributed by atoms with Gasteiger partial charge in [0.25, 0.3) is 0 Å². The Kier molecular flexibility index (Phi) is 6.64. The fourth-order valence-electron chi connectivity index (χ4n) is 1.72. The monoisotopic (exact) mass is 262 g/mol. The molecule has 0 radical (unpaired) electrons. The third-order valence-corrected chi connectivity index (χ3v) is 2.86. The fraction of sp³-hybridized carbons (Fsp3) is 0.467. The molecule has 0 bridgehead atoms. The van der Waals surface area contributed by atoms with Crippen molar-refractivity contribution in [2.75, 3.05) is 0 Å². The highest BCUT2D eigenvalue weighted by Gasteiger charge is 2.03. The number of benzene rings is 1. The summed E-state index contributed by atoms with van der Waals surface area (Å²) in [7, 11) is 0. The number of amides is 1. The van der Waals surface area contributed by atoms with Crippen molar-refractivity contribution in [3.05, 3.63) is 29.8 Å². The van der Waals surface area contributed by atoms with Crippen LogP contribution in [0.1, 0.15) is 51.5 Å². The molecule has 2 N–H and O–H groups in total. The molecule has 0 spiro atoms. The molecule has 0 fully saturated rings. The smallest absolute Gasteiger partial charge is 0.240 e. The molecule has 0 aromatic heterocycles. The van der Waals surface area contributed by atoms with Crippen LogP contribution in [0, 0.1) is 0 Å². The standard InChI is InChI=1S/C15H22N2O2/c1-3-5-6-7-15(19)17-16-14(4-2)12-8-10-13(18)11-9-12/h8-11,18H,3-7H2,1-2H3,(H,17,19)/b16-14-. The Hall–Kier alpha value is -1.84. The molecule has 1 amide bonds. The molecule has 0 heterocycles. The quantitative estimate of drug-likeness (QED) is 0.450. The minimum Gasteiger partial charge on any atom is -0.508 e. The van der Waals surface area contributed by atoms with E-state index in [1.54, 1.807) is 24.3 Å². The normalized spacial score (nSPS) is 11.4. The van der Waals surface area contributed by atoms with E-state index < -0.39 is 0 Å². The number of hydrazone groups is 1. The van der Waals surface area contributed by atoms with Crippen LogP contribution in [0.4, 0.5) is 0 Å². The molecule has 1 rings (SSSR count). The van der Waals surface area contributed by atoms with Crippen LogP contribution in [0.5, 0.6) is 5.75 Å².